The van der Waals surface area contributed by atoms with Gasteiger partial charge in [-0.15, -0.1) is 0 Å². The summed E-state index contributed by atoms with van der Waals surface area (Å²) in [6, 6.07) is 21.3. The summed E-state index contributed by atoms with van der Waals surface area (Å²) >= 11 is 6.16. The smallest absolute Gasteiger partial charge is 0.264 e. The maximum atomic E-state index is 14.1. The van der Waals surface area contributed by atoms with Gasteiger partial charge in [0.25, 0.3) is 10.0 Å². The lowest BCUT2D eigenvalue weighted by Crippen LogP contribution is -2.53. The fraction of sp³-hybridized carbons (Fsp3) is 0.333. The molecule has 0 saturated heterocycles. The average molecular weight is 570 g/mol. The number of benzene rings is 3. The fourth-order valence-corrected chi connectivity index (χ4v) is 6.00. The van der Waals surface area contributed by atoms with Crippen molar-refractivity contribution < 1.29 is 18.0 Å². The molecule has 1 N–H and O–H groups in total. The number of carbonyl (C=O) groups excluding carboxylic acids is 2. The Morgan fingerprint density at radius 2 is 1.54 bits per heavy atom. The van der Waals surface area contributed by atoms with Crippen molar-refractivity contribution in [2.24, 2.45) is 0 Å². The zero-order chi connectivity index (χ0) is 28.6. The molecule has 208 valence electrons. The van der Waals surface area contributed by atoms with Crippen LogP contribution in [0.2, 0.25) is 5.02 Å². The van der Waals surface area contributed by atoms with E-state index in [1.807, 2.05) is 51.1 Å². The maximum absolute atomic E-state index is 14.1. The second-order valence-electron chi connectivity index (χ2n) is 9.50. The molecule has 2 unspecified atom stereocenters. The molecule has 39 heavy (non-hydrogen) atoms. The molecule has 9 heteroatoms. The Labute approximate surface area is 236 Å². The van der Waals surface area contributed by atoms with E-state index in [-0.39, 0.29) is 23.4 Å². The lowest BCUT2D eigenvalue weighted by atomic mass is 10.1. The van der Waals surface area contributed by atoms with Crippen molar-refractivity contribution in [3.63, 3.8) is 0 Å². The molecule has 3 aromatic carbocycles. The van der Waals surface area contributed by atoms with Crippen LogP contribution in [0.1, 0.15) is 44.7 Å². The van der Waals surface area contributed by atoms with Gasteiger partial charge in [0.1, 0.15) is 12.6 Å². The van der Waals surface area contributed by atoms with Gasteiger partial charge in [-0.3, -0.25) is 13.9 Å². The van der Waals surface area contributed by atoms with Crippen molar-refractivity contribution in [2.75, 3.05) is 10.8 Å². The van der Waals surface area contributed by atoms with Gasteiger partial charge in [-0.2, -0.15) is 0 Å². The number of anilines is 1. The highest BCUT2D eigenvalue weighted by Crippen LogP contribution is 2.29. The van der Waals surface area contributed by atoms with Crippen LogP contribution in [-0.2, 0) is 26.2 Å². The van der Waals surface area contributed by atoms with E-state index in [2.05, 4.69) is 5.32 Å². The third-order valence-electron chi connectivity index (χ3n) is 6.62. The maximum Gasteiger partial charge on any atom is 0.264 e. The van der Waals surface area contributed by atoms with Crippen LogP contribution < -0.4 is 9.62 Å². The second kappa shape index (κ2) is 13.6. The van der Waals surface area contributed by atoms with Gasteiger partial charge in [-0.25, -0.2) is 8.42 Å². The molecule has 0 aliphatic carbocycles. The van der Waals surface area contributed by atoms with Crippen molar-refractivity contribution in [2.45, 2.75) is 64.1 Å². The summed E-state index contributed by atoms with van der Waals surface area (Å²) in [5, 5.41) is 3.44. The molecule has 0 aromatic heterocycles. The van der Waals surface area contributed by atoms with Gasteiger partial charge in [0.2, 0.25) is 11.8 Å². The normalized spacial score (nSPS) is 12.8. The van der Waals surface area contributed by atoms with Crippen molar-refractivity contribution in [1.29, 1.82) is 0 Å². The quantitative estimate of drug-likeness (QED) is 0.309. The van der Waals surface area contributed by atoms with Crippen LogP contribution in [-0.4, -0.2) is 43.8 Å². The minimum Gasteiger partial charge on any atom is -0.352 e. The number of hydrogen-bond acceptors (Lipinski definition) is 4. The third kappa shape index (κ3) is 7.61. The lowest BCUT2D eigenvalue weighted by molar-refractivity contribution is -0.140. The average Bonchev–Trinajstić information content (AvgIpc) is 2.92. The number of nitrogens with zero attached hydrogens (tertiary/aromatic N) is 2. The summed E-state index contributed by atoms with van der Waals surface area (Å²) in [6.45, 7) is 7.14. The minimum absolute atomic E-state index is 0.0586. The number of carbonyl (C=O) groups is 2. The number of nitrogens with one attached hydrogen (secondary N) is 1. The first-order chi connectivity index (χ1) is 18.6. The van der Waals surface area contributed by atoms with Crippen LogP contribution in [0, 0.1) is 6.92 Å². The Kier molecular flexibility index (Phi) is 10.5. The van der Waals surface area contributed by atoms with E-state index in [1.54, 1.807) is 43.3 Å². The molecular formula is C30H36ClN3O4S. The largest absolute Gasteiger partial charge is 0.352 e. The number of sulfonamides is 1. The van der Waals surface area contributed by atoms with E-state index in [4.69, 9.17) is 11.6 Å². The number of halogens is 1. The minimum atomic E-state index is -4.12. The SMILES string of the molecule is CCC(C)NC(=O)C(CC)N(Cc1ccccc1)C(=O)CN(c1ccc(Cl)cc1C)S(=O)(=O)c1ccccc1. The van der Waals surface area contributed by atoms with E-state index < -0.39 is 28.5 Å². The highest BCUT2D eigenvalue weighted by Gasteiger charge is 2.34. The third-order valence-corrected chi connectivity index (χ3v) is 8.63. The predicted molar refractivity (Wildman–Crippen MR) is 156 cm³/mol. The van der Waals surface area contributed by atoms with E-state index >= 15 is 0 Å². The van der Waals surface area contributed by atoms with Crippen LogP contribution in [0.5, 0.6) is 0 Å². The van der Waals surface area contributed by atoms with Crippen molar-refractivity contribution >= 4 is 39.1 Å². The molecule has 0 aliphatic rings. The molecule has 0 bridgehead atoms. The van der Waals surface area contributed by atoms with Crippen LogP contribution in [0.25, 0.3) is 0 Å². The Morgan fingerprint density at radius 3 is 2.10 bits per heavy atom. The number of rotatable bonds is 12. The summed E-state index contributed by atoms with van der Waals surface area (Å²) in [5.74, 6) is -0.755. The van der Waals surface area contributed by atoms with E-state index in [1.165, 1.54) is 17.0 Å². The van der Waals surface area contributed by atoms with Gasteiger partial charge in [-0.05, 0) is 68.1 Å². The van der Waals surface area contributed by atoms with Gasteiger partial charge in [0.15, 0.2) is 0 Å². The zero-order valence-corrected chi connectivity index (χ0v) is 24.4. The Balaban J connectivity index is 2.07. The molecule has 7 nitrogen and oxygen atoms in total. The molecule has 0 fully saturated rings. The van der Waals surface area contributed by atoms with E-state index in [9.17, 15) is 18.0 Å². The first-order valence-corrected chi connectivity index (χ1v) is 14.9. The molecule has 0 radical (unpaired) electrons. The highest BCUT2D eigenvalue weighted by molar-refractivity contribution is 7.92. The summed E-state index contributed by atoms with van der Waals surface area (Å²) in [5.41, 5.74) is 1.78. The van der Waals surface area contributed by atoms with Crippen LogP contribution in [0.3, 0.4) is 0 Å². The summed E-state index contributed by atoms with van der Waals surface area (Å²) < 4.78 is 28.9. The first kappa shape index (κ1) is 30.2. The first-order valence-electron chi connectivity index (χ1n) is 13.1. The van der Waals surface area contributed by atoms with E-state index in [0.29, 0.717) is 22.7 Å². The Morgan fingerprint density at radius 1 is 0.923 bits per heavy atom. The topological polar surface area (TPSA) is 86.8 Å². The van der Waals surface area contributed by atoms with Gasteiger partial charge < -0.3 is 10.2 Å². The lowest BCUT2D eigenvalue weighted by Gasteiger charge is -2.34. The van der Waals surface area contributed by atoms with Gasteiger partial charge >= 0.3 is 0 Å². The van der Waals surface area contributed by atoms with Crippen molar-refractivity contribution in [3.05, 3.63) is 95.0 Å². The highest BCUT2D eigenvalue weighted by atomic mass is 35.5. The predicted octanol–water partition coefficient (Wildman–Crippen LogP) is 5.57. The molecule has 0 saturated carbocycles. The standard InChI is InChI=1S/C30H36ClN3O4S/c1-5-23(4)32-30(36)27(6-2)33(20-24-13-9-7-10-14-24)29(35)21-34(28-18-17-25(31)19-22(28)3)39(37,38)26-15-11-8-12-16-26/h7-19,23,27H,5-6,20-21H2,1-4H3,(H,32,36). The fourth-order valence-electron chi connectivity index (χ4n) is 4.27. The molecule has 2 amide bonds. The molecule has 0 heterocycles. The molecular weight excluding hydrogens is 534 g/mol. The monoisotopic (exact) mass is 569 g/mol. The molecule has 3 aromatic rings. The second-order valence-corrected chi connectivity index (χ2v) is 11.8. The zero-order valence-electron chi connectivity index (χ0n) is 22.8. The summed E-state index contributed by atoms with van der Waals surface area (Å²) in [7, 11) is -4.12. The number of aryl methyl sites for hydroxylation is 1. The van der Waals surface area contributed by atoms with Gasteiger partial charge in [0.05, 0.1) is 10.6 Å². The molecule has 3 rings (SSSR count). The number of amides is 2. The number of hydrogen-bond donors (Lipinski definition) is 1. The Bertz CT molecular complexity index is 1370. The molecule has 0 aliphatic heterocycles. The Hall–Kier alpha value is -3.36. The van der Waals surface area contributed by atoms with Crippen LogP contribution in [0.4, 0.5) is 5.69 Å². The van der Waals surface area contributed by atoms with E-state index in [0.717, 1.165) is 16.3 Å². The molecule has 0 spiro atoms. The molecule has 2 atom stereocenters. The van der Waals surface area contributed by atoms with Crippen LogP contribution in [0.15, 0.2) is 83.8 Å². The summed E-state index contributed by atoms with van der Waals surface area (Å²) in [4.78, 5) is 28.9. The van der Waals surface area contributed by atoms with Crippen molar-refractivity contribution in [3.8, 4) is 0 Å². The van der Waals surface area contributed by atoms with Gasteiger partial charge in [0, 0.05) is 17.6 Å². The summed E-state index contributed by atoms with van der Waals surface area (Å²) in [6.07, 6.45) is 1.11. The van der Waals surface area contributed by atoms with Crippen LogP contribution >= 0.6 is 11.6 Å². The van der Waals surface area contributed by atoms with Crippen molar-refractivity contribution in [1.82, 2.24) is 10.2 Å². The van der Waals surface area contributed by atoms with Gasteiger partial charge in [-0.1, -0.05) is 74.0 Å².